The number of hydrogen-bond donors (Lipinski definition) is 1. The van der Waals surface area contributed by atoms with Crippen LogP contribution in [0.15, 0.2) is 28.7 Å². The number of carboxylic acid groups (broad SMARTS) is 1. The largest absolute Gasteiger partial charge is 0.493 e. The van der Waals surface area contributed by atoms with E-state index in [1.807, 2.05) is 25.1 Å². The molecule has 0 amide bonds. The highest BCUT2D eigenvalue weighted by atomic mass is 79.9. The van der Waals surface area contributed by atoms with Crippen LogP contribution in [0, 0.1) is 12.8 Å². The van der Waals surface area contributed by atoms with Crippen molar-refractivity contribution in [3.8, 4) is 5.75 Å². The number of aromatic carboxylic acids is 1. The van der Waals surface area contributed by atoms with E-state index in [2.05, 4.69) is 21.0 Å². The zero-order valence-corrected chi connectivity index (χ0v) is 15.3. The summed E-state index contributed by atoms with van der Waals surface area (Å²) in [5.74, 6) is 0.479. The second-order valence-corrected chi connectivity index (χ2v) is 7.26. The molecule has 24 heavy (non-hydrogen) atoms. The van der Waals surface area contributed by atoms with Gasteiger partial charge in [-0.2, -0.15) is 5.10 Å². The summed E-state index contributed by atoms with van der Waals surface area (Å²) in [7, 11) is 0. The number of halogens is 1. The maximum absolute atomic E-state index is 11.1. The van der Waals surface area contributed by atoms with E-state index in [4.69, 9.17) is 9.84 Å². The molecule has 1 aromatic carbocycles. The van der Waals surface area contributed by atoms with Crippen molar-refractivity contribution in [1.29, 1.82) is 0 Å². The summed E-state index contributed by atoms with van der Waals surface area (Å²) in [6.45, 7) is 3.09. The molecule has 1 aliphatic carbocycles. The Morgan fingerprint density at radius 1 is 1.38 bits per heavy atom. The molecule has 0 atom stereocenters. The van der Waals surface area contributed by atoms with Crippen LogP contribution in [0.25, 0.3) is 0 Å². The van der Waals surface area contributed by atoms with Crippen molar-refractivity contribution in [3.63, 3.8) is 0 Å². The summed E-state index contributed by atoms with van der Waals surface area (Å²) in [6.07, 6.45) is 5.08. The van der Waals surface area contributed by atoms with Gasteiger partial charge >= 0.3 is 5.97 Å². The number of aryl methyl sites for hydroxylation is 1. The maximum atomic E-state index is 11.1. The molecule has 1 heterocycles. The minimum Gasteiger partial charge on any atom is -0.493 e. The van der Waals surface area contributed by atoms with Crippen LogP contribution in [0.5, 0.6) is 5.75 Å². The van der Waals surface area contributed by atoms with E-state index in [9.17, 15) is 4.79 Å². The molecule has 0 spiro atoms. The smallest absolute Gasteiger partial charge is 0.356 e. The predicted octanol–water partition coefficient (Wildman–Crippen LogP) is 4.27. The van der Waals surface area contributed by atoms with Crippen LogP contribution in [0.4, 0.5) is 0 Å². The van der Waals surface area contributed by atoms with E-state index in [-0.39, 0.29) is 5.69 Å². The third kappa shape index (κ3) is 3.98. The van der Waals surface area contributed by atoms with Crippen molar-refractivity contribution >= 4 is 21.9 Å². The molecule has 0 aliphatic heterocycles. The standard InChI is InChI=1S/C18H21BrN2O3/c1-12-8-16(18(22)23)20-21(12)10-14-9-15(19)6-7-17(14)24-11-13-4-2-3-5-13/h6-9,13H,2-5,10-11H2,1H3,(H,22,23). The Bertz CT molecular complexity index is 736. The molecule has 1 saturated carbocycles. The molecule has 6 heteroatoms. The Kier molecular flexibility index (Phi) is 5.23. The fraction of sp³-hybridized carbons (Fsp3) is 0.444. The summed E-state index contributed by atoms with van der Waals surface area (Å²) in [4.78, 5) is 11.1. The topological polar surface area (TPSA) is 64.3 Å². The van der Waals surface area contributed by atoms with Gasteiger partial charge in [-0.05, 0) is 49.9 Å². The molecule has 1 aromatic heterocycles. The number of hydrogen-bond acceptors (Lipinski definition) is 3. The zero-order chi connectivity index (χ0) is 17.1. The highest BCUT2D eigenvalue weighted by molar-refractivity contribution is 9.10. The Morgan fingerprint density at radius 2 is 2.12 bits per heavy atom. The molecule has 5 nitrogen and oxygen atoms in total. The van der Waals surface area contributed by atoms with Crippen LogP contribution in [0.1, 0.15) is 47.4 Å². The number of carbonyl (C=O) groups is 1. The van der Waals surface area contributed by atoms with Gasteiger partial charge < -0.3 is 9.84 Å². The number of carboxylic acids is 1. The van der Waals surface area contributed by atoms with Crippen LogP contribution < -0.4 is 4.74 Å². The molecule has 1 fully saturated rings. The second kappa shape index (κ2) is 7.38. The molecule has 1 aliphatic rings. The van der Waals surface area contributed by atoms with Gasteiger partial charge in [-0.3, -0.25) is 4.68 Å². The fourth-order valence-electron chi connectivity index (χ4n) is 3.13. The normalized spacial score (nSPS) is 14.9. The van der Waals surface area contributed by atoms with Gasteiger partial charge in [0, 0.05) is 15.7 Å². The lowest BCUT2D eigenvalue weighted by molar-refractivity contribution is 0.0689. The second-order valence-electron chi connectivity index (χ2n) is 6.35. The lowest BCUT2D eigenvalue weighted by atomic mass is 10.1. The molecule has 3 rings (SSSR count). The summed E-state index contributed by atoms with van der Waals surface area (Å²) in [6, 6.07) is 7.52. The lowest BCUT2D eigenvalue weighted by Crippen LogP contribution is -2.11. The Balaban J connectivity index is 1.78. The molecule has 0 unspecified atom stereocenters. The van der Waals surface area contributed by atoms with Crippen LogP contribution in [0.3, 0.4) is 0 Å². The summed E-state index contributed by atoms with van der Waals surface area (Å²) in [5.41, 5.74) is 1.87. The van der Waals surface area contributed by atoms with E-state index < -0.39 is 5.97 Å². The van der Waals surface area contributed by atoms with Crippen molar-refractivity contribution in [2.45, 2.75) is 39.2 Å². The third-order valence-corrected chi connectivity index (χ3v) is 4.99. The first-order valence-corrected chi connectivity index (χ1v) is 9.01. The molecule has 0 bridgehead atoms. The third-order valence-electron chi connectivity index (χ3n) is 4.49. The average Bonchev–Trinajstić information content (AvgIpc) is 3.17. The van der Waals surface area contributed by atoms with Crippen molar-refractivity contribution in [2.24, 2.45) is 5.92 Å². The first-order chi connectivity index (χ1) is 11.5. The summed E-state index contributed by atoms with van der Waals surface area (Å²) >= 11 is 3.49. The molecular weight excluding hydrogens is 372 g/mol. The van der Waals surface area contributed by atoms with E-state index in [0.29, 0.717) is 12.5 Å². The number of benzene rings is 1. The van der Waals surface area contributed by atoms with Crippen LogP contribution in [-0.2, 0) is 6.54 Å². The monoisotopic (exact) mass is 392 g/mol. The summed E-state index contributed by atoms with van der Waals surface area (Å²) < 4.78 is 8.73. The molecule has 0 saturated heterocycles. The summed E-state index contributed by atoms with van der Waals surface area (Å²) in [5, 5.41) is 13.2. The highest BCUT2D eigenvalue weighted by Gasteiger charge is 2.17. The van der Waals surface area contributed by atoms with E-state index in [1.165, 1.54) is 25.7 Å². The van der Waals surface area contributed by atoms with Gasteiger partial charge in [0.15, 0.2) is 5.69 Å². The van der Waals surface area contributed by atoms with Crippen molar-refractivity contribution in [3.05, 3.63) is 45.7 Å². The zero-order valence-electron chi connectivity index (χ0n) is 13.7. The Hall–Kier alpha value is -1.82. The van der Waals surface area contributed by atoms with Crippen molar-refractivity contribution < 1.29 is 14.6 Å². The van der Waals surface area contributed by atoms with Gasteiger partial charge in [-0.25, -0.2) is 4.79 Å². The van der Waals surface area contributed by atoms with Gasteiger partial charge in [0.25, 0.3) is 0 Å². The molecule has 0 radical (unpaired) electrons. The van der Waals surface area contributed by atoms with Crippen LogP contribution >= 0.6 is 15.9 Å². The van der Waals surface area contributed by atoms with Crippen LogP contribution in [-0.4, -0.2) is 27.5 Å². The maximum Gasteiger partial charge on any atom is 0.356 e. The van der Waals surface area contributed by atoms with Gasteiger partial charge in [-0.1, -0.05) is 28.8 Å². The Labute approximate surface area is 149 Å². The lowest BCUT2D eigenvalue weighted by Gasteiger charge is -2.15. The first kappa shape index (κ1) is 17.0. The minimum atomic E-state index is -1.01. The number of ether oxygens (including phenoxy) is 1. The molecular formula is C18H21BrN2O3. The van der Waals surface area contributed by atoms with E-state index >= 15 is 0 Å². The van der Waals surface area contributed by atoms with Gasteiger partial charge in [0.2, 0.25) is 0 Å². The highest BCUT2D eigenvalue weighted by Crippen LogP contribution is 2.28. The van der Waals surface area contributed by atoms with Crippen molar-refractivity contribution in [1.82, 2.24) is 9.78 Å². The number of aromatic nitrogens is 2. The van der Waals surface area contributed by atoms with Gasteiger partial charge in [0.1, 0.15) is 5.75 Å². The predicted molar refractivity (Wildman–Crippen MR) is 94.6 cm³/mol. The molecule has 1 N–H and O–H groups in total. The SMILES string of the molecule is Cc1cc(C(=O)O)nn1Cc1cc(Br)ccc1OCC1CCCC1. The number of nitrogens with zero attached hydrogens (tertiary/aromatic N) is 2. The van der Waals surface area contributed by atoms with Gasteiger partial charge in [-0.15, -0.1) is 0 Å². The minimum absolute atomic E-state index is 0.0657. The number of rotatable bonds is 6. The van der Waals surface area contributed by atoms with Crippen LogP contribution in [0.2, 0.25) is 0 Å². The fourth-order valence-corrected chi connectivity index (χ4v) is 3.54. The molecule has 128 valence electrons. The first-order valence-electron chi connectivity index (χ1n) is 8.22. The van der Waals surface area contributed by atoms with Crippen molar-refractivity contribution in [2.75, 3.05) is 6.61 Å². The van der Waals surface area contributed by atoms with E-state index in [1.54, 1.807) is 10.7 Å². The Morgan fingerprint density at radius 3 is 2.79 bits per heavy atom. The molecule has 2 aromatic rings. The average molecular weight is 393 g/mol. The quantitative estimate of drug-likeness (QED) is 0.796. The van der Waals surface area contributed by atoms with E-state index in [0.717, 1.165) is 28.1 Å². The van der Waals surface area contributed by atoms with Gasteiger partial charge in [0.05, 0.1) is 13.2 Å².